The number of nitriles is 1. The number of amides is 1. The Labute approximate surface area is 68.3 Å². The Bertz CT molecular complexity index is 273. The van der Waals surface area contributed by atoms with Crippen molar-refractivity contribution < 1.29 is 4.79 Å². The predicted molar refractivity (Wildman–Crippen MR) is 42.3 cm³/mol. The Morgan fingerprint density at radius 1 is 1.82 bits per heavy atom. The lowest BCUT2D eigenvalue weighted by molar-refractivity contribution is 0.0962. The summed E-state index contributed by atoms with van der Waals surface area (Å²) in [5, 5.41) is 12.4. The number of hydrogen-bond acceptors (Lipinski definition) is 3. The van der Waals surface area contributed by atoms with E-state index in [1.54, 1.807) is 12.1 Å². The van der Waals surface area contributed by atoms with E-state index in [-0.39, 0.29) is 12.5 Å². The highest BCUT2D eigenvalue weighted by molar-refractivity contribution is 7.12. The average molecular weight is 166 g/mol. The van der Waals surface area contributed by atoms with E-state index in [9.17, 15) is 4.79 Å². The largest absolute Gasteiger partial charge is 0.338 e. The van der Waals surface area contributed by atoms with Crippen LogP contribution in [0.15, 0.2) is 17.5 Å². The first-order valence-electron chi connectivity index (χ1n) is 3.03. The van der Waals surface area contributed by atoms with Gasteiger partial charge in [-0.15, -0.1) is 11.3 Å². The molecule has 56 valence electrons. The van der Waals surface area contributed by atoms with E-state index in [1.165, 1.54) is 11.3 Å². The summed E-state index contributed by atoms with van der Waals surface area (Å²) in [6, 6.07) is 5.35. The van der Waals surface area contributed by atoms with Gasteiger partial charge in [0.25, 0.3) is 5.91 Å². The van der Waals surface area contributed by atoms with Gasteiger partial charge in [-0.05, 0) is 11.4 Å². The van der Waals surface area contributed by atoms with Gasteiger partial charge >= 0.3 is 0 Å². The third-order valence-electron chi connectivity index (χ3n) is 1.07. The number of rotatable bonds is 2. The fraction of sp³-hybridized carbons (Fsp3) is 0.143. The molecular formula is C7H6N2OS. The van der Waals surface area contributed by atoms with Gasteiger partial charge in [-0.3, -0.25) is 4.79 Å². The van der Waals surface area contributed by atoms with Crippen LogP contribution in [0, 0.1) is 11.3 Å². The zero-order chi connectivity index (χ0) is 8.10. The van der Waals surface area contributed by atoms with Crippen LogP contribution in [0.5, 0.6) is 0 Å². The SMILES string of the molecule is N#CCNC(=O)c1cccs1. The van der Waals surface area contributed by atoms with Gasteiger partial charge in [0.05, 0.1) is 10.9 Å². The minimum Gasteiger partial charge on any atom is -0.338 e. The normalized spacial score (nSPS) is 8.64. The first kappa shape index (κ1) is 7.76. The summed E-state index contributed by atoms with van der Waals surface area (Å²) in [7, 11) is 0. The van der Waals surface area contributed by atoms with E-state index in [1.807, 2.05) is 11.4 Å². The monoisotopic (exact) mass is 166 g/mol. The van der Waals surface area contributed by atoms with Crippen LogP contribution in [-0.2, 0) is 0 Å². The van der Waals surface area contributed by atoms with Gasteiger partial charge in [-0.25, -0.2) is 0 Å². The molecule has 0 spiro atoms. The molecule has 4 heteroatoms. The van der Waals surface area contributed by atoms with Crippen LogP contribution in [-0.4, -0.2) is 12.5 Å². The van der Waals surface area contributed by atoms with Crippen molar-refractivity contribution in [3.05, 3.63) is 22.4 Å². The van der Waals surface area contributed by atoms with Gasteiger partial charge in [-0.1, -0.05) is 6.07 Å². The number of nitrogens with zero attached hydrogens (tertiary/aromatic N) is 1. The van der Waals surface area contributed by atoms with E-state index in [0.717, 1.165) is 0 Å². The molecule has 1 rings (SSSR count). The summed E-state index contributed by atoms with van der Waals surface area (Å²) < 4.78 is 0. The minimum absolute atomic E-state index is 0.0662. The van der Waals surface area contributed by atoms with Gasteiger partial charge in [0.1, 0.15) is 6.54 Å². The Morgan fingerprint density at radius 2 is 2.64 bits per heavy atom. The molecule has 0 aliphatic rings. The van der Waals surface area contributed by atoms with Crippen molar-refractivity contribution in [1.29, 1.82) is 5.26 Å². The van der Waals surface area contributed by atoms with Crippen molar-refractivity contribution in [2.24, 2.45) is 0 Å². The fourth-order valence-corrected chi connectivity index (χ4v) is 1.25. The number of carbonyl (C=O) groups is 1. The molecule has 1 aromatic heterocycles. The quantitative estimate of drug-likeness (QED) is 0.666. The topological polar surface area (TPSA) is 52.9 Å². The molecule has 0 aliphatic carbocycles. The molecular weight excluding hydrogens is 160 g/mol. The van der Waals surface area contributed by atoms with E-state index in [4.69, 9.17) is 5.26 Å². The van der Waals surface area contributed by atoms with Crippen LogP contribution in [0.3, 0.4) is 0 Å². The first-order valence-corrected chi connectivity index (χ1v) is 3.91. The summed E-state index contributed by atoms with van der Waals surface area (Å²) >= 11 is 1.36. The molecule has 0 fully saturated rings. The van der Waals surface area contributed by atoms with Crippen molar-refractivity contribution in [2.45, 2.75) is 0 Å². The number of nitrogens with one attached hydrogen (secondary N) is 1. The van der Waals surface area contributed by atoms with Crippen LogP contribution >= 0.6 is 11.3 Å². The number of hydrogen-bond donors (Lipinski definition) is 1. The summed E-state index contributed by atoms with van der Waals surface area (Å²) in [6.45, 7) is 0.0662. The van der Waals surface area contributed by atoms with Gasteiger partial charge < -0.3 is 5.32 Å². The highest BCUT2D eigenvalue weighted by atomic mass is 32.1. The van der Waals surface area contributed by atoms with Crippen LogP contribution in [0.4, 0.5) is 0 Å². The maximum atomic E-state index is 11.0. The van der Waals surface area contributed by atoms with Gasteiger partial charge in [-0.2, -0.15) is 5.26 Å². The first-order chi connectivity index (χ1) is 5.34. The third-order valence-corrected chi connectivity index (χ3v) is 1.94. The van der Waals surface area contributed by atoms with Gasteiger partial charge in [0, 0.05) is 0 Å². The van der Waals surface area contributed by atoms with Crippen LogP contribution in [0.25, 0.3) is 0 Å². The van der Waals surface area contributed by atoms with Crippen LogP contribution < -0.4 is 5.32 Å². The smallest absolute Gasteiger partial charge is 0.262 e. The number of thiophene rings is 1. The Kier molecular flexibility index (Phi) is 2.64. The summed E-state index contributed by atoms with van der Waals surface area (Å²) in [6.07, 6.45) is 0. The van der Waals surface area contributed by atoms with E-state index < -0.39 is 0 Å². The van der Waals surface area contributed by atoms with Crippen molar-refractivity contribution in [2.75, 3.05) is 6.54 Å². The molecule has 1 amide bonds. The summed E-state index contributed by atoms with van der Waals surface area (Å²) in [5.41, 5.74) is 0. The highest BCUT2D eigenvalue weighted by Crippen LogP contribution is 2.07. The lowest BCUT2D eigenvalue weighted by Gasteiger charge is -1.94. The second-order valence-electron chi connectivity index (χ2n) is 1.82. The standard InChI is InChI=1S/C7H6N2OS/c8-3-4-9-7(10)6-2-1-5-11-6/h1-2,5H,4H2,(H,9,10). The Morgan fingerprint density at radius 3 is 3.18 bits per heavy atom. The summed E-state index contributed by atoms with van der Waals surface area (Å²) in [4.78, 5) is 11.7. The average Bonchev–Trinajstić information content (AvgIpc) is 2.52. The van der Waals surface area contributed by atoms with Crippen molar-refractivity contribution in [3.63, 3.8) is 0 Å². The molecule has 0 radical (unpaired) electrons. The van der Waals surface area contributed by atoms with Gasteiger partial charge in [0.2, 0.25) is 0 Å². The Balaban J connectivity index is 2.51. The second-order valence-corrected chi connectivity index (χ2v) is 2.77. The van der Waals surface area contributed by atoms with Crippen molar-refractivity contribution >= 4 is 17.2 Å². The maximum Gasteiger partial charge on any atom is 0.262 e. The van der Waals surface area contributed by atoms with Gasteiger partial charge in [0.15, 0.2) is 0 Å². The third kappa shape index (κ3) is 2.06. The van der Waals surface area contributed by atoms with Crippen molar-refractivity contribution in [3.8, 4) is 6.07 Å². The molecule has 1 heterocycles. The molecule has 1 aromatic rings. The van der Waals surface area contributed by atoms with Crippen LogP contribution in [0.2, 0.25) is 0 Å². The zero-order valence-corrected chi connectivity index (χ0v) is 6.52. The summed E-state index contributed by atoms with van der Waals surface area (Å²) in [5.74, 6) is -0.179. The van der Waals surface area contributed by atoms with Crippen molar-refractivity contribution in [1.82, 2.24) is 5.32 Å². The molecule has 0 aromatic carbocycles. The molecule has 0 aliphatic heterocycles. The zero-order valence-electron chi connectivity index (χ0n) is 5.70. The Hall–Kier alpha value is -1.34. The number of carbonyl (C=O) groups excluding carboxylic acids is 1. The van der Waals surface area contributed by atoms with E-state index in [0.29, 0.717) is 4.88 Å². The minimum atomic E-state index is -0.179. The molecule has 3 nitrogen and oxygen atoms in total. The van der Waals surface area contributed by atoms with Crippen LogP contribution in [0.1, 0.15) is 9.67 Å². The second kappa shape index (κ2) is 3.74. The van der Waals surface area contributed by atoms with E-state index in [2.05, 4.69) is 5.32 Å². The lowest BCUT2D eigenvalue weighted by atomic mass is 10.4. The molecule has 0 saturated heterocycles. The fourth-order valence-electron chi connectivity index (χ4n) is 0.615. The molecule has 0 bridgehead atoms. The maximum absolute atomic E-state index is 11.0. The molecule has 0 unspecified atom stereocenters. The molecule has 0 atom stereocenters. The molecule has 11 heavy (non-hydrogen) atoms. The molecule has 1 N–H and O–H groups in total. The molecule has 0 saturated carbocycles. The highest BCUT2D eigenvalue weighted by Gasteiger charge is 2.03. The lowest BCUT2D eigenvalue weighted by Crippen LogP contribution is -2.22. The van der Waals surface area contributed by atoms with E-state index >= 15 is 0 Å². The predicted octanol–water partition coefficient (Wildman–Crippen LogP) is 1.00.